The molecule has 0 fully saturated rings. The Morgan fingerprint density at radius 3 is 2.90 bits per heavy atom. The van der Waals surface area contributed by atoms with Crippen LogP contribution >= 0.6 is 0 Å². The number of hydrogen-bond acceptors (Lipinski definition) is 4. The Hall–Kier alpha value is 0.316. The normalized spacial score (nSPS) is 8.40. The number of hydrogen-bond donors (Lipinski definition) is 0. The van der Waals surface area contributed by atoms with Crippen LogP contribution in [0, 0.1) is 0 Å². The van der Waals surface area contributed by atoms with Crippen molar-refractivity contribution in [1.29, 1.82) is 0 Å². The summed E-state index contributed by atoms with van der Waals surface area (Å²) in [5, 5.41) is 9.87. The van der Waals surface area contributed by atoms with Crippen LogP contribution in [0.3, 0.4) is 0 Å². The monoisotopic (exact) mass is 165 g/mol. The van der Waals surface area contributed by atoms with Crippen molar-refractivity contribution in [3.8, 4) is 0 Å². The Kier molecular flexibility index (Phi) is 5.19. The first-order valence-corrected chi connectivity index (χ1v) is 2.36. The number of oxazole rings is 1. The van der Waals surface area contributed by atoms with Gasteiger partial charge in [-0.05, 0) is 0 Å². The number of carbonyl (C=O) groups excluding carboxylic acids is 1. The summed E-state index contributed by atoms with van der Waals surface area (Å²) in [5.74, 6) is -0.846. The van der Waals surface area contributed by atoms with Crippen LogP contribution in [0.4, 0.5) is 0 Å². The van der Waals surface area contributed by atoms with E-state index in [1.54, 1.807) is 0 Å². The molecule has 0 aliphatic carbocycles. The summed E-state index contributed by atoms with van der Waals surface area (Å²) >= 11 is 0. The molecule has 0 atom stereocenters. The van der Waals surface area contributed by atoms with Crippen LogP contribution in [0.25, 0.3) is 0 Å². The van der Waals surface area contributed by atoms with Gasteiger partial charge >= 0.3 is 51.4 Å². The van der Waals surface area contributed by atoms with Crippen molar-refractivity contribution < 1.29 is 65.7 Å². The number of carbonyl (C=O) groups is 1. The SMILES string of the molecule is O=C([O-])Cc1cnco1.[K+]. The Labute approximate surface area is 100 Å². The molecule has 1 rings (SSSR count). The van der Waals surface area contributed by atoms with Gasteiger partial charge in [0.1, 0.15) is 5.76 Å². The third-order valence-corrected chi connectivity index (χ3v) is 0.802. The average molecular weight is 165 g/mol. The molecule has 4 nitrogen and oxygen atoms in total. The van der Waals surface area contributed by atoms with E-state index in [0.717, 1.165) is 0 Å². The van der Waals surface area contributed by atoms with Crippen molar-refractivity contribution in [1.82, 2.24) is 4.98 Å². The molecule has 0 aliphatic rings. The topological polar surface area (TPSA) is 66.2 Å². The molecular formula is C5H4KNO3. The van der Waals surface area contributed by atoms with Crippen LogP contribution in [0.1, 0.15) is 5.76 Å². The summed E-state index contributed by atoms with van der Waals surface area (Å²) in [6.45, 7) is 0. The molecule has 0 saturated carbocycles. The number of carboxylic acid groups (broad SMARTS) is 1. The maximum atomic E-state index is 9.87. The first-order valence-electron chi connectivity index (χ1n) is 2.36. The molecule has 0 radical (unpaired) electrons. The van der Waals surface area contributed by atoms with Crippen molar-refractivity contribution in [3.63, 3.8) is 0 Å². The predicted octanol–water partition coefficient (Wildman–Crippen LogP) is -4.03. The van der Waals surface area contributed by atoms with Gasteiger partial charge < -0.3 is 14.3 Å². The third kappa shape index (κ3) is 3.48. The largest absolute Gasteiger partial charge is 1.00 e. The van der Waals surface area contributed by atoms with E-state index < -0.39 is 5.97 Å². The number of nitrogens with zero attached hydrogens (tertiary/aromatic N) is 1. The molecule has 1 aromatic rings. The maximum absolute atomic E-state index is 9.87. The number of carboxylic acids is 1. The Bertz CT molecular complexity index is 197. The molecule has 1 heterocycles. The summed E-state index contributed by atoms with van der Waals surface area (Å²) < 4.78 is 4.61. The number of aliphatic carboxylic acids is 1. The van der Waals surface area contributed by atoms with Gasteiger partial charge in [0.25, 0.3) is 0 Å². The molecule has 5 heteroatoms. The van der Waals surface area contributed by atoms with Gasteiger partial charge in [0.05, 0.1) is 6.20 Å². The number of rotatable bonds is 2. The summed E-state index contributed by atoms with van der Waals surface area (Å²) in [7, 11) is 0. The molecule has 0 unspecified atom stereocenters. The van der Waals surface area contributed by atoms with Gasteiger partial charge in [-0.15, -0.1) is 0 Å². The number of aromatic nitrogens is 1. The Balaban J connectivity index is 0.000000810. The molecule has 0 amide bonds. The fourth-order valence-corrected chi connectivity index (χ4v) is 0.472. The second-order valence-corrected chi connectivity index (χ2v) is 1.52. The summed E-state index contributed by atoms with van der Waals surface area (Å²) in [5.41, 5.74) is 0. The van der Waals surface area contributed by atoms with Crippen molar-refractivity contribution in [2.75, 3.05) is 0 Å². The van der Waals surface area contributed by atoms with Gasteiger partial charge in [-0.3, -0.25) is 0 Å². The van der Waals surface area contributed by atoms with E-state index in [2.05, 4.69) is 9.40 Å². The summed E-state index contributed by atoms with van der Waals surface area (Å²) in [6, 6.07) is 0. The van der Waals surface area contributed by atoms with Crippen LogP contribution < -0.4 is 56.5 Å². The smallest absolute Gasteiger partial charge is 0.550 e. The van der Waals surface area contributed by atoms with Gasteiger partial charge in [0.2, 0.25) is 0 Å². The van der Waals surface area contributed by atoms with Gasteiger partial charge in [0.15, 0.2) is 6.39 Å². The van der Waals surface area contributed by atoms with Gasteiger partial charge in [-0.2, -0.15) is 0 Å². The van der Waals surface area contributed by atoms with Crippen molar-refractivity contribution in [3.05, 3.63) is 18.4 Å². The second kappa shape index (κ2) is 5.03. The van der Waals surface area contributed by atoms with Gasteiger partial charge in [-0.25, -0.2) is 4.98 Å². The molecule has 0 saturated heterocycles. The van der Waals surface area contributed by atoms with Gasteiger partial charge in [0, 0.05) is 12.4 Å². The predicted molar refractivity (Wildman–Crippen MR) is 25.2 cm³/mol. The van der Waals surface area contributed by atoms with Crippen LogP contribution in [0.15, 0.2) is 17.0 Å². The molecule has 10 heavy (non-hydrogen) atoms. The molecule has 0 spiro atoms. The minimum atomic E-state index is -1.16. The van der Waals surface area contributed by atoms with Crippen LogP contribution in [-0.2, 0) is 11.2 Å². The Morgan fingerprint density at radius 1 is 1.80 bits per heavy atom. The van der Waals surface area contributed by atoms with E-state index in [0.29, 0.717) is 5.76 Å². The van der Waals surface area contributed by atoms with E-state index in [-0.39, 0.29) is 57.8 Å². The summed E-state index contributed by atoms with van der Waals surface area (Å²) in [4.78, 5) is 13.4. The van der Waals surface area contributed by atoms with Crippen molar-refractivity contribution in [2.24, 2.45) is 0 Å². The maximum Gasteiger partial charge on any atom is 1.00 e. The van der Waals surface area contributed by atoms with Crippen molar-refractivity contribution >= 4 is 5.97 Å². The first-order chi connectivity index (χ1) is 4.29. The minimum Gasteiger partial charge on any atom is -0.550 e. The van der Waals surface area contributed by atoms with Crippen LogP contribution in [0.5, 0.6) is 0 Å². The molecule has 1 aromatic heterocycles. The zero-order chi connectivity index (χ0) is 6.69. The van der Waals surface area contributed by atoms with E-state index in [1.165, 1.54) is 12.6 Å². The fraction of sp³-hybridized carbons (Fsp3) is 0.200. The van der Waals surface area contributed by atoms with Crippen LogP contribution in [-0.4, -0.2) is 11.0 Å². The third-order valence-electron chi connectivity index (χ3n) is 0.802. The van der Waals surface area contributed by atoms with E-state index in [1.807, 2.05) is 0 Å². The molecule has 0 aromatic carbocycles. The van der Waals surface area contributed by atoms with E-state index >= 15 is 0 Å². The fourth-order valence-electron chi connectivity index (χ4n) is 0.472. The zero-order valence-corrected chi connectivity index (χ0v) is 8.66. The minimum absolute atomic E-state index is 0. The molecular weight excluding hydrogens is 161 g/mol. The summed E-state index contributed by atoms with van der Waals surface area (Å²) in [6.07, 6.45) is 2.31. The first kappa shape index (κ1) is 10.3. The quantitative estimate of drug-likeness (QED) is 0.419. The molecule has 48 valence electrons. The van der Waals surface area contributed by atoms with E-state index in [4.69, 9.17) is 0 Å². The van der Waals surface area contributed by atoms with E-state index in [9.17, 15) is 9.90 Å². The molecule has 0 aliphatic heterocycles. The zero-order valence-electron chi connectivity index (χ0n) is 5.53. The van der Waals surface area contributed by atoms with Gasteiger partial charge in [-0.1, -0.05) is 0 Å². The second-order valence-electron chi connectivity index (χ2n) is 1.52. The molecule has 0 N–H and O–H groups in total. The standard InChI is InChI=1S/C5H5NO3.K/c7-5(8)1-4-2-6-3-9-4;/h2-3H,1H2,(H,7,8);/q;+1/p-1. The van der Waals surface area contributed by atoms with Crippen molar-refractivity contribution in [2.45, 2.75) is 6.42 Å². The molecule has 0 bridgehead atoms. The average Bonchev–Trinajstić information content (AvgIpc) is 2.15. The van der Waals surface area contributed by atoms with Crippen LogP contribution in [0.2, 0.25) is 0 Å². The Morgan fingerprint density at radius 2 is 2.50 bits per heavy atom.